The molecule has 102 valence electrons. The van der Waals surface area contributed by atoms with E-state index in [-0.39, 0.29) is 0 Å². The zero-order valence-corrected chi connectivity index (χ0v) is 11.4. The van der Waals surface area contributed by atoms with Gasteiger partial charge in [0.15, 0.2) is 5.96 Å². The largest absolute Gasteiger partial charge is 0.357 e. The first kappa shape index (κ1) is 12.3. The van der Waals surface area contributed by atoms with Gasteiger partial charge in [0.05, 0.1) is 6.54 Å². The quantitative estimate of drug-likeness (QED) is 0.854. The number of nitrogens with one attached hydrogen (secondary N) is 2. The van der Waals surface area contributed by atoms with Crippen molar-refractivity contribution in [1.82, 2.24) is 15.6 Å². The molecule has 2 aliphatic heterocycles. The summed E-state index contributed by atoms with van der Waals surface area (Å²) in [5, 5.41) is 6.59. The molecule has 1 aromatic heterocycles. The van der Waals surface area contributed by atoms with Crippen LogP contribution in [0.5, 0.6) is 0 Å². The highest BCUT2D eigenvalue weighted by atomic mass is 15.2. The molecular weight excluding hydrogens is 238 g/mol. The Hall–Kier alpha value is -1.78. The number of rotatable bonds is 3. The maximum atomic E-state index is 4.55. The summed E-state index contributed by atoms with van der Waals surface area (Å²) < 4.78 is 0. The SMILES string of the molecule is CC1CN=C(NCc2ccc(N3CCCC3)nc2)N1. The fourth-order valence-electron chi connectivity index (χ4n) is 2.50. The van der Waals surface area contributed by atoms with Crippen LogP contribution in [0.2, 0.25) is 0 Å². The van der Waals surface area contributed by atoms with Gasteiger partial charge >= 0.3 is 0 Å². The molecular formula is C14H21N5. The lowest BCUT2D eigenvalue weighted by Gasteiger charge is -2.16. The monoisotopic (exact) mass is 259 g/mol. The summed E-state index contributed by atoms with van der Waals surface area (Å²) in [5.74, 6) is 2.00. The lowest BCUT2D eigenvalue weighted by atomic mass is 10.3. The van der Waals surface area contributed by atoms with Gasteiger partial charge in [0.1, 0.15) is 5.82 Å². The van der Waals surface area contributed by atoms with Crippen molar-refractivity contribution in [2.45, 2.75) is 32.4 Å². The van der Waals surface area contributed by atoms with Crippen LogP contribution in [-0.4, -0.2) is 36.6 Å². The molecule has 1 aromatic rings. The van der Waals surface area contributed by atoms with Crippen molar-refractivity contribution >= 4 is 11.8 Å². The highest BCUT2D eigenvalue weighted by Gasteiger charge is 2.14. The summed E-state index contributed by atoms with van der Waals surface area (Å²) in [6, 6.07) is 4.71. The smallest absolute Gasteiger partial charge is 0.191 e. The third-order valence-corrected chi connectivity index (χ3v) is 3.61. The Kier molecular flexibility index (Phi) is 3.53. The Morgan fingerprint density at radius 3 is 2.84 bits per heavy atom. The molecule has 3 heterocycles. The second-order valence-corrected chi connectivity index (χ2v) is 5.31. The first-order valence-corrected chi connectivity index (χ1v) is 7.06. The standard InChI is InChI=1S/C14H21N5/c1-11-8-16-14(18-11)17-10-12-4-5-13(15-9-12)19-6-2-3-7-19/h4-5,9,11H,2-3,6-8,10H2,1H3,(H2,16,17,18). The summed E-state index contributed by atoms with van der Waals surface area (Å²) in [4.78, 5) is 11.3. The van der Waals surface area contributed by atoms with E-state index in [2.05, 4.69) is 44.6 Å². The van der Waals surface area contributed by atoms with Gasteiger partial charge in [-0.3, -0.25) is 4.99 Å². The van der Waals surface area contributed by atoms with Crippen LogP contribution < -0.4 is 15.5 Å². The van der Waals surface area contributed by atoms with Crippen molar-refractivity contribution in [2.24, 2.45) is 4.99 Å². The van der Waals surface area contributed by atoms with E-state index in [1.165, 1.54) is 18.4 Å². The van der Waals surface area contributed by atoms with Crippen molar-refractivity contribution in [3.8, 4) is 0 Å². The molecule has 1 unspecified atom stereocenters. The molecule has 19 heavy (non-hydrogen) atoms. The van der Waals surface area contributed by atoms with E-state index in [9.17, 15) is 0 Å². The van der Waals surface area contributed by atoms with E-state index in [4.69, 9.17) is 0 Å². The Morgan fingerprint density at radius 1 is 1.37 bits per heavy atom. The lowest BCUT2D eigenvalue weighted by Crippen LogP contribution is -2.37. The minimum Gasteiger partial charge on any atom is -0.357 e. The molecule has 0 radical (unpaired) electrons. The number of pyridine rings is 1. The molecule has 0 spiro atoms. The molecule has 5 nitrogen and oxygen atoms in total. The lowest BCUT2D eigenvalue weighted by molar-refractivity contribution is 0.713. The first-order chi connectivity index (χ1) is 9.31. The van der Waals surface area contributed by atoms with E-state index in [0.29, 0.717) is 6.04 Å². The predicted molar refractivity (Wildman–Crippen MR) is 77.4 cm³/mol. The van der Waals surface area contributed by atoms with E-state index in [0.717, 1.165) is 38.0 Å². The molecule has 1 saturated heterocycles. The van der Waals surface area contributed by atoms with Gasteiger partial charge in [-0.05, 0) is 31.4 Å². The Labute approximate surface area is 114 Å². The Balaban J connectivity index is 1.54. The summed E-state index contributed by atoms with van der Waals surface area (Å²) >= 11 is 0. The molecule has 0 saturated carbocycles. The van der Waals surface area contributed by atoms with Crippen LogP contribution in [0.25, 0.3) is 0 Å². The maximum Gasteiger partial charge on any atom is 0.191 e. The third kappa shape index (κ3) is 2.97. The van der Waals surface area contributed by atoms with Crippen molar-refractivity contribution in [3.05, 3.63) is 23.9 Å². The number of anilines is 1. The minimum absolute atomic E-state index is 0.443. The fraction of sp³-hybridized carbons (Fsp3) is 0.571. The number of hydrogen-bond donors (Lipinski definition) is 2. The van der Waals surface area contributed by atoms with Crippen LogP contribution in [-0.2, 0) is 6.54 Å². The molecule has 3 rings (SSSR count). The van der Waals surface area contributed by atoms with Crippen molar-refractivity contribution in [1.29, 1.82) is 0 Å². The number of hydrogen-bond acceptors (Lipinski definition) is 5. The highest BCUT2D eigenvalue weighted by Crippen LogP contribution is 2.17. The van der Waals surface area contributed by atoms with Gasteiger partial charge in [0.2, 0.25) is 0 Å². The molecule has 0 bridgehead atoms. The molecule has 0 aromatic carbocycles. The maximum absolute atomic E-state index is 4.55. The topological polar surface area (TPSA) is 52.6 Å². The molecule has 2 aliphatic rings. The van der Waals surface area contributed by atoms with Crippen LogP contribution in [0.1, 0.15) is 25.3 Å². The summed E-state index contributed by atoms with van der Waals surface area (Å²) in [6.45, 7) is 6.04. The molecule has 5 heteroatoms. The highest BCUT2D eigenvalue weighted by molar-refractivity contribution is 5.81. The van der Waals surface area contributed by atoms with Gasteiger partial charge in [-0.1, -0.05) is 6.07 Å². The van der Waals surface area contributed by atoms with Crippen molar-refractivity contribution in [3.63, 3.8) is 0 Å². The van der Waals surface area contributed by atoms with Gasteiger partial charge in [-0.25, -0.2) is 4.98 Å². The van der Waals surface area contributed by atoms with E-state index >= 15 is 0 Å². The van der Waals surface area contributed by atoms with Crippen LogP contribution in [0, 0.1) is 0 Å². The molecule has 1 fully saturated rings. The van der Waals surface area contributed by atoms with Gasteiger partial charge < -0.3 is 15.5 Å². The van der Waals surface area contributed by atoms with E-state index < -0.39 is 0 Å². The molecule has 0 amide bonds. The zero-order chi connectivity index (χ0) is 13.1. The number of aromatic nitrogens is 1. The van der Waals surface area contributed by atoms with Gasteiger partial charge in [-0.15, -0.1) is 0 Å². The second kappa shape index (κ2) is 5.47. The Bertz CT molecular complexity index is 447. The second-order valence-electron chi connectivity index (χ2n) is 5.31. The fourth-order valence-corrected chi connectivity index (χ4v) is 2.50. The van der Waals surface area contributed by atoms with Crippen LogP contribution in [0.15, 0.2) is 23.3 Å². The number of aliphatic imine (C=N–C) groups is 1. The molecule has 1 atom stereocenters. The first-order valence-electron chi connectivity index (χ1n) is 7.06. The van der Waals surface area contributed by atoms with Gasteiger partial charge in [-0.2, -0.15) is 0 Å². The summed E-state index contributed by atoms with van der Waals surface area (Å²) in [5.41, 5.74) is 1.19. The summed E-state index contributed by atoms with van der Waals surface area (Å²) in [7, 11) is 0. The predicted octanol–water partition coefficient (Wildman–Crippen LogP) is 1.12. The molecule has 2 N–H and O–H groups in total. The van der Waals surface area contributed by atoms with E-state index in [1.807, 2.05) is 6.20 Å². The minimum atomic E-state index is 0.443. The normalized spacial score (nSPS) is 22.3. The third-order valence-electron chi connectivity index (χ3n) is 3.61. The molecule has 0 aliphatic carbocycles. The number of guanidine groups is 1. The number of nitrogens with zero attached hydrogens (tertiary/aromatic N) is 3. The van der Waals surface area contributed by atoms with Crippen molar-refractivity contribution in [2.75, 3.05) is 24.5 Å². The average molecular weight is 259 g/mol. The summed E-state index contributed by atoms with van der Waals surface area (Å²) in [6.07, 6.45) is 4.53. The Morgan fingerprint density at radius 2 is 2.21 bits per heavy atom. The zero-order valence-electron chi connectivity index (χ0n) is 11.4. The van der Waals surface area contributed by atoms with E-state index in [1.54, 1.807) is 0 Å². The van der Waals surface area contributed by atoms with Crippen LogP contribution >= 0.6 is 0 Å². The van der Waals surface area contributed by atoms with Crippen LogP contribution in [0.3, 0.4) is 0 Å². The van der Waals surface area contributed by atoms with Gasteiger partial charge in [0.25, 0.3) is 0 Å². The van der Waals surface area contributed by atoms with Crippen LogP contribution in [0.4, 0.5) is 5.82 Å². The van der Waals surface area contributed by atoms with Crippen molar-refractivity contribution < 1.29 is 0 Å². The average Bonchev–Trinajstić information content (AvgIpc) is 3.08. The van der Waals surface area contributed by atoms with Gasteiger partial charge in [0, 0.05) is 31.9 Å².